The second kappa shape index (κ2) is 9.33. The maximum atomic E-state index is 12.5. The molecule has 0 saturated carbocycles. The summed E-state index contributed by atoms with van der Waals surface area (Å²) in [6, 6.07) is 18.6. The number of amides is 1. The minimum absolute atomic E-state index is 0.00430. The number of carbonyl (C=O) groups excluding carboxylic acids is 1. The monoisotopic (exact) mass is 376 g/mol. The molecule has 0 aliphatic heterocycles. The second-order valence-electron chi connectivity index (χ2n) is 7.18. The predicted molar refractivity (Wildman–Crippen MR) is 113 cm³/mol. The van der Waals surface area contributed by atoms with Crippen molar-refractivity contribution in [3.63, 3.8) is 0 Å². The highest BCUT2D eigenvalue weighted by atomic mass is 16.1. The second-order valence-corrected chi connectivity index (χ2v) is 7.18. The van der Waals surface area contributed by atoms with Crippen LogP contribution in [-0.2, 0) is 17.6 Å². The number of aromatic nitrogens is 2. The molecule has 146 valence electrons. The number of benzene rings is 2. The average molecular weight is 377 g/mol. The summed E-state index contributed by atoms with van der Waals surface area (Å²) in [5.74, 6) is 0.00430. The van der Waals surface area contributed by atoms with Crippen LogP contribution in [0, 0.1) is 0 Å². The molecule has 0 bridgehead atoms. The molecule has 1 heterocycles. The summed E-state index contributed by atoms with van der Waals surface area (Å²) in [5.41, 5.74) is 4.41. The Morgan fingerprint density at radius 3 is 2.43 bits per heavy atom. The van der Waals surface area contributed by atoms with E-state index in [1.165, 1.54) is 11.1 Å². The van der Waals surface area contributed by atoms with Gasteiger partial charge >= 0.3 is 0 Å². The molecule has 5 heteroatoms. The van der Waals surface area contributed by atoms with E-state index in [2.05, 4.69) is 46.5 Å². The van der Waals surface area contributed by atoms with Crippen LogP contribution in [0.3, 0.4) is 0 Å². The molecular formula is C23H28N4O. The minimum Gasteiger partial charge on any atom is -0.354 e. The van der Waals surface area contributed by atoms with Gasteiger partial charge in [-0.2, -0.15) is 5.10 Å². The van der Waals surface area contributed by atoms with Gasteiger partial charge in [-0.15, -0.1) is 0 Å². The van der Waals surface area contributed by atoms with Crippen molar-refractivity contribution in [1.82, 2.24) is 20.0 Å². The number of para-hydroxylation sites is 1. The number of hydrogen-bond acceptors (Lipinski definition) is 3. The van der Waals surface area contributed by atoms with Gasteiger partial charge in [-0.1, -0.05) is 49.4 Å². The molecule has 28 heavy (non-hydrogen) atoms. The van der Waals surface area contributed by atoms with E-state index in [1.807, 2.05) is 50.6 Å². The lowest BCUT2D eigenvalue weighted by molar-refractivity contribution is -0.120. The Morgan fingerprint density at radius 2 is 1.79 bits per heavy atom. The first-order valence-corrected chi connectivity index (χ1v) is 9.67. The zero-order valence-electron chi connectivity index (χ0n) is 16.8. The Balaban J connectivity index is 1.58. The molecule has 1 atom stereocenters. The molecule has 1 amide bonds. The summed E-state index contributed by atoms with van der Waals surface area (Å²) in [4.78, 5) is 14.6. The van der Waals surface area contributed by atoms with Gasteiger partial charge in [-0.3, -0.25) is 4.79 Å². The van der Waals surface area contributed by atoms with Gasteiger partial charge in [0.25, 0.3) is 0 Å². The lowest BCUT2D eigenvalue weighted by Gasteiger charge is -2.25. The molecule has 0 spiro atoms. The molecule has 0 radical (unpaired) electrons. The molecule has 0 saturated heterocycles. The Morgan fingerprint density at radius 1 is 1.07 bits per heavy atom. The van der Waals surface area contributed by atoms with Gasteiger partial charge in [-0.05, 0) is 49.3 Å². The predicted octanol–water partition coefficient (Wildman–Crippen LogP) is 3.40. The average Bonchev–Trinajstić information content (AvgIpc) is 3.17. The SMILES string of the molecule is CCc1ccc(C(CNC(=O)Cc2cnn(-c3ccccc3)c2)N(C)C)cc1. The lowest BCUT2D eigenvalue weighted by atomic mass is 10.0. The third-order valence-corrected chi connectivity index (χ3v) is 4.91. The highest BCUT2D eigenvalue weighted by Gasteiger charge is 2.16. The standard InChI is InChI=1S/C23H28N4O/c1-4-18-10-12-20(13-11-18)22(26(2)3)16-24-23(28)14-19-15-25-27(17-19)21-8-6-5-7-9-21/h5-13,15,17,22H,4,14,16H2,1-3H3,(H,24,28). The Hall–Kier alpha value is -2.92. The van der Waals surface area contributed by atoms with Crippen LogP contribution in [-0.4, -0.2) is 41.2 Å². The number of likely N-dealkylation sites (N-methyl/N-ethyl adjacent to an activating group) is 1. The fourth-order valence-electron chi connectivity index (χ4n) is 3.21. The summed E-state index contributed by atoms with van der Waals surface area (Å²) in [6.45, 7) is 2.72. The van der Waals surface area contributed by atoms with Crippen LogP contribution >= 0.6 is 0 Å². The molecule has 0 fully saturated rings. The zero-order valence-corrected chi connectivity index (χ0v) is 16.8. The first-order chi connectivity index (χ1) is 13.6. The van der Waals surface area contributed by atoms with Crippen molar-refractivity contribution in [3.8, 4) is 5.69 Å². The van der Waals surface area contributed by atoms with Crippen LogP contribution in [0.1, 0.15) is 29.7 Å². The normalized spacial score (nSPS) is 12.1. The molecule has 1 aromatic heterocycles. The molecule has 3 rings (SSSR count). The molecule has 2 aromatic carbocycles. The molecule has 5 nitrogen and oxygen atoms in total. The number of aryl methyl sites for hydroxylation is 1. The van der Waals surface area contributed by atoms with E-state index >= 15 is 0 Å². The van der Waals surface area contributed by atoms with Crippen LogP contribution in [0.25, 0.3) is 5.69 Å². The van der Waals surface area contributed by atoms with Gasteiger partial charge in [0.2, 0.25) is 5.91 Å². The maximum Gasteiger partial charge on any atom is 0.224 e. The first kappa shape index (κ1) is 19.8. The fourth-order valence-corrected chi connectivity index (χ4v) is 3.21. The van der Waals surface area contributed by atoms with Gasteiger partial charge < -0.3 is 10.2 Å². The molecule has 1 unspecified atom stereocenters. The first-order valence-electron chi connectivity index (χ1n) is 9.67. The van der Waals surface area contributed by atoms with Crippen LogP contribution in [0.2, 0.25) is 0 Å². The van der Waals surface area contributed by atoms with Crippen LogP contribution in [0.15, 0.2) is 67.0 Å². The van der Waals surface area contributed by atoms with Gasteiger partial charge in [0, 0.05) is 12.7 Å². The summed E-state index contributed by atoms with van der Waals surface area (Å²) in [6.07, 6.45) is 5.00. The van der Waals surface area contributed by atoms with E-state index in [0.29, 0.717) is 13.0 Å². The van der Waals surface area contributed by atoms with Crippen LogP contribution in [0.4, 0.5) is 0 Å². The zero-order chi connectivity index (χ0) is 19.9. The highest BCUT2D eigenvalue weighted by Crippen LogP contribution is 2.18. The third kappa shape index (κ3) is 5.08. The Kier molecular flexibility index (Phi) is 6.61. The molecule has 3 aromatic rings. The lowest BCUT2D eigenvalue weighted by Crippen LogP contribution is -2.35. The third-order valence-electron chi connectivity index (χ3n) is 4.91. The van der Waals surface area contributed by atoms with Gasteiger partial charge in [0.1, 0.15) is 0 Å². The number of carbonyl (C=O) groups is 1. The molecule has 0 aliphatic rings. The smallest absolute Gasteiger partial charge is 0.224 e. The largest absolute Gasteiger partial charge is 0.354 e. The van der Waals surface area contributed by atoms with Crippen molar-refractivity contribution >= 4 is 5.91 Å². The van der Waals surface area contributed by atoms with Crippen molar-refractivity contribution in [3.05, 3.63) is 83.7 Å². The van der Waals surface area contributed by atoms with Crippen molar-refractivity contribution in [2.24, 2.45) is 0 Å². The maximum absolute atomic E-state index is 12.5. The quantitative estimate of drug-likeness (QED) is 0.656. The summed E-state index contributed by atoms with van der Waals surface area (Å²) < 4.78 is 1.79. The molecule has 0 aliphatic carbocycles. The molecular weight excluding hydrogens is 348 g/mol. The van der Waals surface area contributed by atoms with Crippen LogP contribution < -0.4 is 5.32 Å². The number of nitrogens with zero attached hydrogens (tertiary/aromatic N) is 3. The summed E-state index contributed by atoms with van der Waals surface area (Å²) >= 11 is 0. The van der Waals surface area contributed by atoms with E-state index in [1.54, 1.807) is 10.9 Å². The molecule has 1 N–H and O–H groups in total. The van der Waals surface area contributed by atoms with Gasteiger partial charge in [0.05, 0.1) is 24.3 Å². The van der Waals surface area contributed by atoms with Gasteiger partial charge in [0.15, 0.2) is 0 Å². The van der Waals surface area contributed by atoms with E-state index in [0.717, 1.165) is 17.7 Å². The van der Waals surface area contributed by atoms with Crippen molar-refractivity contribution in [2.45, 2.75) is 25.8 Å². The van der Waals surface area contributed by atoms with E-state index in [-0.39, 0.29) is 11.9 Å². The van der Waals surface area contributed by atoms with E-state index in [4.69, 9.17) is 0 Å². The topological polar surface area (TPSA) is 50.2 Å². The minimum atomic E-state index is 0.00430. The van der Waals surface area contributed by atoms with E-state index < -0.39 is 0 Å². The van der Waals surface area contributed by atoms with Crippen molar-refractivity contribution < 1.29 is 4.79 Å². The summed E-state index contributed by atoms with van der Waals surface area (Å²) in [7, 11) is 4.07. The van der Waals surface area contributed by atoms with Crippen LogP contribution in [0.5, 0.6) is 0 Å². The van der Waals surface area contributed by atoms with Gasteiger partial charge in [-0.25, -0.2) is 4.68 Å². The Labute approximate surface area is 167 Å². The number of rotatable bonds is 8. The number of hydrogen-bond donors (Lipinski definition) is 1. The van der Waals surface area contributed by atoms with Crippen molar-refractivity contribution in [1.29, 1.82) is 0 Å². The number of nitrogens with one attached hydrogen (secondary N) is 1. The van der Waals surface area contributed by atoms with E-state index in [9.17, 15) is 4.79 Å². The fraction of sp³-hybridized carbons (Fsp3) is 0.304. The highest BCUT2D eigenvalue weighted by molar-refractivity contribution is 5.78. The summed E-state index contributed by atoms with van der Waals surface area (Å²) in [5, 5.41) is 7.43. The van der Waals surface area contributed by atoms with Crippen molar-refractivity contribution in [2.75, 3.05) is 20.6 Å². The Bertz CT molecular complexity index is 884.